The van der Waals surface area contributed by atoms with Crippen LogP contribution in [0.4, 0.5) is 0 Å². The van der Waals surface area contributed by atoms with Gasteiger partial charge in [0.25, 0.3) is 0 Å². The molecule has 3 rings (SSSR count). The zero-order chi connectivity index (χ0) is 13.6. The molecule has 19 heavy (non-hydrogen) atoms. The van der Waals surface area contributed by atoms with Gasteiger partial charge < -0.3 is 10.2 Å². The summed E-state index contributed by atoms with van der Waals surface area (Å²) in [6.45, 7) is 0. The lowest BCUT2D eigenvalue weighted by Gasteiger charge is -2.07. The number of thiazole rings is 1. The summed E-state index contributed by atoms with van der Waals surface area (Å²) in [5, 5.41) is 20.6. The van der Waals surface area contributed by atoms with E-state index in [4.69, 9.17) is 0 Å². The molecule has 1 heterocycles. The van der Waals surface area contributed by atoms with Gasteiger partial charge in [0.2, 0.25) is 0 Å². The Bertz CT molecular complexity index is 753. The van der Waals surface area contributed by atoms with Crippen LogP contribution in [-0.4, -0.2) is 15.2 Å². The minimum absolute atomic E-state index is 0.0141. The molecule has 0 atom stereocenters. The van der Waals surface area contributed by atoms with Crippen molar-refractivity contribution < 1.29 is 10.2 Å². The standard InChI is InChI=1S/C13H7Br2NO2S/c14-7-5-6(11(17)10(15)12(7)18)13-16-8-3-1-2-4-9(8)19-13/h1-5,17-18H. The summed E-state index contributed by atoms with van der Waals surface area (Å²) in [7, 11) is 0. The first kappa shape index (κ1) is 12.9. The topological polar surface area (TPSA) is 53.4 Å². The fraction of sp³-hybridized carbons (Fsp3) is 0. The highest BCUT2D eigenvalue weighted by atomic mass is 79.9. The summed E-state index contributed by atoms with van der Waals surface area (Å²) in [4.78, 5) is 4.49. The van der Waals surface area contributed by atoms with E-state index < -0.39 is 0 Å². The molecule has 96 valence electrons. The van der Waals surface area contributed by atoms with Crippen molar-refractivity contribution in [3.8, 4) is 22.1 Å². The SMILES string of the molecule is Oc1c(Br)cc(-c2nc3ccccc3s2)c(O)c1Br. The number of rotatable bonds is 1. The largest absolute Gasteiger partial charge is 0.506 e. The molecule has 0 amide bonds. The molecule has 0 unspecified atom stereocenters. The second kappa shape index (κ2) is 4.77. The number of nitrogens with zero attached hydrogens (tertiary/aromatic N) is 1. The van der Waals surface area contributed by atoms with Gasteiger partial charge in [-0.2, -0.15) is 0 Å². The van der Waals surface area contributed by atoms with Gasteiger partial charge in [-0.05, 0) is 50.1 Å². The monoisotopic (exact) mass is 399 g/mol. The molecule has 3 aromatic rings. The molecule has 6 heteroatoms. The number of halogens is 2. The van der Waals surface area contributed by atoms with Gasteiger partial charge in [-0.15, -0.1) is 11.3 Å². The summed E-state index contributed by atoms with van der Waals surface area (Å²) in [5.41, 5.74) is 1.47. The van der Waals surface area contributed by atoms with E-state index in [0.29, 0.717) is 15.0 Å². The molecule has 0 fully saturated rings. The van der Waals surface area contributed by atoms with Gasteiger partial charge in [-0.25, -0.2) is 4.98 Å². The van der Waals surface area contributed by atoms with E-state index in [2.05, 4.69) is 36.8 Å². The van der Waals surface area contributed by atoms with Gasteiger partial charge in [0.15, 0.2) is 0 Å². The summed E-state index contributed by atoms with van der Waals surface area (Å²) in [5.74, 6) is -0.0397. The van der Waals surface area contributed by atoms with Crippen LogP contribution >= 0.6 is 43.2 Å². The molecule has 0 saturated carbocycles. The smallest absolute Gasteiger partial charge is 0.147 e. The second-order valence-corrected chi connectivity index (χ2v) is 6.58. The average molecular weight is 401 g/mol. The molecule has 0 spiro atoms. The van der Waals surface area contributed by atoms with E-state index in [1.807, 2.05) is 24.3 Å². The van der Waals surface area contributed by atoms with Gasteiger partial charge in [0.1, 0.15) is 21.0 Å². The fourth-order valence-electron chi connectivity index (χ4n) is 1.75. The number of aromatic nitrogens is 1. The Morgan fingerprint density at radius 3 is 2.53 bits per heavy atom. The van der Waals surface area contributed by atoms with Crippen molar-refractivity contribution in [1.29, 1.82) is 0 Å². The van der Waals surface area contributed by atoms with Gasteiger partial charge in [-0.1, -0.05) is 12.1 Å². The molecule has 2 aromatic carbocycles. The maximum Gasteiger partial charge on any atom is 0.147 e. The predicted octanol–water partition coefficient (Wildman–Crippen LogP) is 4.90. The molecular formula is C13H7Br2NO2S. The Kier molecular flexibility index (Phi) is 3.24. The Morgan fingerprint density at radius 2 is 1.79 bits per heavy atom. The second-order valence-electron chi connectivity index (χ2n) is 3.90. The van der Waals surface area contributed by atoms with Crippen molar-refractivity contribution in [3.05, 3.63) is 39.3 Å². The van der Waals surface area contributed by atoms with E-state index >= 15 is 0 Å². The summed E-state index contributed by atoms with van der Waals surface area (Å²) >= 11 is 7.92. The van der Waals surface area contributed by atoms with Crippen molar-refractivity contribution in [1.82, 2.24) is 4.98 Å². The number of fused-ring (bicyclic) bond motifs is 1. The van der Waals surface area contributed by atoms with E-state index in [1.54, 1.807) is 6.07 Å². The summed E-state index contributed by atoms with van der Waals surface area (Å²) in [6, 6.07) is 9.45. The van der Waals surface area contributed by atoms with Crippen LogP contribution in [-0.2, 0) is 0 Å². The van der Waals surface area contributed by atoms with Crippen molar-refractivity contribution in [2.45, 2.75) is 0 Å². The summed E-state index contributed by atoms with van der Waals surface area (Å²) in [6.07, 6.45) is 0. The third kappa shape index (κ3) is 2.13. The number of aromatic hydroxyl groups is 2. The molecule has 3 nitrogen and oxygen atoms in total. The highest BCUT2D eigenvalue weighted by Gasteiger charge is 2.17. The lowest BCUT2D eigenvalue weighted by atomic mass is 10.2. The maximum atomic E-state index is 10.1. The predicted molar refractivity (Wildman–Crippen MR) is 83.8 cm³/mol. The normalized spacial score (nSPS) is 11.1. The number of hydrogen-bond acceptors (Lipinski definition) is 4. The van der Waals surface area contributed by atoms with Crippen molar-refractivity contribution in [3.63, 3.8) is 0 Å². The molecule has 0 aliphatic rings. The van der Waals surface area contributed by atoms with Crippen LogP contribution in [0.5, 0.6) is 11.5 Å². The summed E-state index contributed by atoms with van der Waals surface area (Å²) < 4.78 is 1.82. The molecule has 2 N–H and O–H groups in total. The van der Waals surface area contributed by atoms with Gasteiger partial charge >= 0.3 is 0 Å². The van der Waals surface area contributed by atoms with Gasteiger partial charge in [0.05, 0.1) is 20.3 Å². The van der Waals surface area contributed by atoms with Crippen LogP contribution < -0.4 is 0 Å². The van der Waals surface area contributed by atoms with E-state index in [1.165, 1.54) is 11.3 Å². The Labute approximate surface area is 129 Å². The van der Waals surface area contributed by atoms with E-state index in [-0.39, 0.29) is 16.0 Å². The van der Waals surface area contributed by atoms with Crippen LogP contribution in [0, 0.1) is 0 Å². The van der Waals surface area contributed by atoms with Crippen molar-refractivity contribution in [2.24, 2.45) is 0 Å². The average Bonchev–Trinajstić information content (AvgIpc) is 2.84. The third-order valence-electron chi connectivity index (χ3n) is 2.69. The number of benzene rings is 2. The number of phenolic OH excluding ortho intramolecular Hbond substituents is 2. The Balaban J connectivity index is 2.27. The maximum absolute atomic E-state index is 10.1. The minimum Gasteiger partial charge on any atom is -0.506 e. The molecule has 1 aromatic heterocycles. The Morgan fingerprint density at radius 1 is 1.05 bits per heavy atom. The van der Waals surface area contributed by atoms with E-state index in [9.17, 15) is 10.2 Å². The van der Waals surface area contributed by atoms with Gasteiger partial charge in [-0.3, -0.25) is 0 Å². The van der Waals surface area contributed by atoms with Crippen LogP contribution in [0.15, 0.2) is 39.3 Å². The first-order valence-electron chi connectivity index (χ1n) is 5.34. The first-order valence-corrected chi connectivity index (χ1v) is 7.74. The number of para-hydroxylation sites is 1. The van der Waals surface area contributed by atoms with Gasteiger partial charge in [0, 0.05) is 0 Å². The molecule has 0 radical (unpaired) electrons. The van der Waals surface area contributed by atoms with Crippen molar-refractivity contribution >= 4 is 53.4 Å². The third-order valence-corrected chi connectivity index (χ3v) is 5.12. The number of hydrogen-bond donors (Lipinski definition) is 2. The highest BCUT2D eigenvalue weighted by Crippen LogP contribution is 2.46. The zero-order valence-corrected chi connectivity index (χ0v) is 13.4. The highest BCUT2D eigenvalue weighted by molar-refractivity contribution is 9.11. The lowest BCUT2D eigenvalue weighted by Crippen LogP contribution is -1.82. The minimum atomic E-state index is -0.0256. The van der Waals surface area contributed by atoms with Crippen LogP contribution in [0.2, 0.25) is 0 Å². The quantitative estimate of drug-likeness (QED) is 0.610. The molecule has 0 bridgehead atoms. The van der Waals surface area contributed by atoms with Crippen LogP contribution in [0.3, 0.4) is 0 Å². The Hall–Kier alpha value is -1.11. The van der Waals surface area contributed by atoms with E-state index in [0.717, 1.165) is 10.2 Å². The van der Waals surface area contributed by atoms with Crippen LogP contribution in [0.25, 0.3) is 20.8 Å². The number of phenols is 2. The fourth-order valence-corrected chi connectivity index (χ4v) is 3.85. The zero-order valence-electron chi connectivity index (χ0n) is 9.39. The lowest BCUT2D eigenvalue weighted by molar-refractivity contribution is 0.443. The molecule has 0 saturated heterocycles. The van der Waals surface area contributed by atoms with Crippen LogP contribution in [0.1, 0.15) is 0 Å². The molecule has 0 aliphatic heterocycles. The molecule has 0 aliphatic carbocycles. The first-order chi connectivity index (χ1) is 9.08. The van der Waals surface area contributed by atoms with Crippen molar-refractivity contribution in [2.75, 3.05) is 0 Å². The molecular weight excluding hydrogens is 394 g/mol.